The topological polar surface area (TPSA) is 75.9 Å². The number of thiophene rings is 2. The molecular weight excluding hydrogens is 356 g/mol. The van der Waals surface area contributed by atoms with Crippen LogP contribution in [0.4, 0.5) is 0 Å². The molecular formula is C16H18N6OS2. The summed E-state index contributed by atoms with van der Waals surface area (Å²) in [5, 5.41) is 18.2. The first-order chi connectivity index (χ1) is 12.3. The predicted molar refractivity (Wildman–Crippen MR) is 97.2 cm³/mol. The third-order valence-electron chi connectivity index (χ3n) is 4.36. The Kier molecular flexibility index (Phi) is 4.86. The molecule has 4 heterocycles. The molecule has 0 saturated carbocycles. The van der Waals surface area contributed by atoms with Crippen LogP contribution in [0.2, 0.25) is 0 Å². The lowest BCUT2D eigenvalue weighted by molar-refractivity contribution is 0.0942. The Labute approximate surface area is 153 Å². The number of carbonyl (C=O) groups is 1. The lowest BCUT2D eigenvalue weighted by Crippen LogP contribution is -2.36. The number of hydrogen-bond acceptors (Lipinski definition) is 7. The lowest BCUT2D eigenvalue weighted by Gasteiger charge is -2.26. The Hall–Kier alpha value is -2.10. The van der Waals surface area contributed by atoms with Crippen molar-refractivity contribution in [1.29, 1.82) is 0 Å². The predicted octanol–water partition coefficient (Wildman–Crippen LogP) is 2.35. The van der Waals surface area contributed by atoms with E-state index in [1.54, 1.807) is 11.3 Å². The second-order valence-electron chi connectivity index (χ2n) is 5.87. The van der Waals surface area contributed by atoms with E-state index < -0.39 is 0 Å². The van der Waals surface area contributed by atoms with E-state index in [0.29, 0.717) is 17.1 Å². The Morgan fingerprint density at radius 2 is 2.12 bits per heavy atom. The van der Waals surface area contributed by atoms with Crippen LogP contribution >= 0.6 is 22.7 Å². The number of nitrogens with one attached hydrogen (secondary N) is 1. The highest BCUT2D eigenvalue weighted by atomic mass is 32.1. The van der Waals surface area contributed by atoms with Crippen LogP contribution in [0.15, 0.2) is 35.3 Å². The molecule has 7 nitrogen and oxygen atoms in total. The molecule has 1 aliphatic heterocycles. The molecule has 3 aromatic rings. The second kappa shape index (κ2) is 7.42. The van der Waals surface area contributed by atoms with E-state index in [1.807, 2.05) is 11.4 Å². The number of amides is 1. The zero-order valence-electron chi connectivity index (χ0n) is 13.5. The molecule has 1 saturated heterocycles. The van der Waals surface area contributed by atoms with E-state index in [-0.39, 0.29) is 11.9 Å². The lowest BCUT2D eigenvalue weighted by atomic mass is 10.2. The highest BCUT2D eigenvalue weighted by molar-refractivity contribution is 7.12. The molecule has 1 aliphatic rings. The van der Waals surface area contributed by atoms with Crippen molar-refractivity contribution in [1.82, 2.24) is 30.4 Å². The normalized spacial score (nSPS) is 16.2. The van der Waals surface area contributed by atoms with Crippen LogP contribution in [0.25, 0.3) is 5.69 Å². The molecule has 0 radical (unpaired) electrons. The summed E-state index contributed by atoms with van der Waals surface area (Å²) in [4.78, 5) is 17.1. The fourth-order valence-corrected chi connectivity index (χ4v) is 4.79. The van der Waals surface area contributed by atoms with Gasteiger partial charge in [0.2, 0.25) is 0 Å². The van der Waals surface area contributed by atoms with Crippen molar-refractivity contribution in [2.75, 3.05) is 19.6 Å². The molecule has 0 spiro atoms. The Morgan fingerprint density at radius 3 is 2.84 bits per heavy atom. The van der Waals surface area contributed by atoms with Crippen molar-refractivity contribution in [2.24, 2.45) is 0 Å². The third-order valence-corrected chi connectivity index (χ3v) is 6.23. The first kappa shape index (κ1) is 16.4. The van der Waals surface area contributed by atoms with Gasteiger partial charge in [-0.25, -0.2) is 0 Å². The molecule has 25 heavy (non-hydrogen) atoms. The molecule has 0 aliphatic carbocycles. The zero-order valence-corrected chi connectivity index (χ0v) is 15.2. The minimum Gasteiger partial charge on any atom is -0.349 e. The minimum absolute atomic E-state index is 0.0822. The number of likely N-dealkylation sites (tertiary alicyclic amines) is 1. The fourth-order valence-electron chi connectivity index (χ4n) is 3.14. The van der Waals surface area contributed by atoms with Crippen molar-refractivity contribution in [3.8, 4) is 5.69 Å². The maximum Gasteiger partial charge on any atom is 0.263 e. The number of rotatable bonds is 6. The van der Waals surface area contributed by atoms with Crippen LogP contribution in [0.5, 0.6) is 0 Å². The molecule has 1 atom stereocenters. The van der Waals surface area contributed by atoms with Crippen LogP contribution in [-0.4, -0.2) is 50.6 Å². The smallest absolute Gasteiger partial charge is 0.263 e. The maximum atomic E-state index is 12.7. The van der Waals surface area contributed by atoms with Gasteiger partial charge in [0.25, 0.3) is 5.91 Å². The van der Waals surface area contributed by atoms with Gasteiger partial charge in [0.05, 0.1) is 11.7 Å². The third kappa shape index (κ3) is 3.48. The van der Waals surface area contributed by atoms with Gasteiger partial charge in [0.1, 0.15) is 11.2 Å². The summed E-state index contributed by atoms with van der Waals surface area (Å²) in [5.41, 5.74) is 0.710. The van der Waals surface area contributed by atoms with E-state index >= 15 is 0 Å². The van der Waals surface area contributed by atoms with Crippen LogP contribution < -0.4 is 5.32 Å². The molecule has 1 amide bonds. The Balaban J connectivity index is 1.48. The minimum atomic E-state index is -0.0822. The monoisotopic (exact) mass is 374 g/mol. The SMILES string of the molecule is O=C(NCC(c1cccs1)N1CCCC1)c1sccc1-n1cnnn1. The van der Waals surface area contributed by atoms with Crippen molar-refractivity contribution in [2.45, 2.75) is 18.9 Å². The molecule has 0 bridgehead atoms. The second-order valence-corrected chi connectivity index (χ2v) is 7.77. The van der Waals surface area contributed by atoms with E-state index in [2.05, 4.69) is 43.3 Å². The van der Waals surface area contributed by atoms with Gasteiger partial charge in [-0.2, -0.15) is 4.68 Å². The van der Waals surface area contributed by atoms with Crippen LogP contribution in [-0.2, 0) is 0 Å². The molecule has 0 aromatic carbocycles. The zero-order chi connectivity index (χ0) is 17.1. The van der Waals surface area contributed by atoms with E-state index in [1.165, 1.54) is 40.1 Å². The average Bonchev–Trinajstić information content (AvgIpc) is 3.43. The molecule has 1 fully saturated rings. The summed E-state index contributed by atoms with van der Waals surface area (Å²) in [5.74, 6) is -0.0822. The van der Waals surface area contributed by atoms with Gasteiger partial charge < -0.3 is 5.32 Å². The van der Waals surface area contributed by atoms with Gasteiger partial charge in [0.15, 0.2) is 0 Å². The summed E-state index contributed by atoms with van der Waals surface area (Å²) in [6.45, 7) is 2.78. The fraction of sp³-hybridized carbons (Fsp3) is 0.375. The highest BCUT2D eigenvalue weighted by Crippen LogP contribution is 2.28. The highest BCUT2D eigenvalue weighted by Gasteiger charge is 2.25. The van der Waals surface area contributed by atoms with Crippen molar-refractivity contribution < 1.29 is 4.79 Å². The number of hydrogen-bond donors (Lipinski definition) is 1. The molecule has 4 rings (SSSR count). The summed E-state index contributed by atoms with van der Waals surface area (Å²) >= 11 is 3.15. The first-order valence-electron chi connectivity index (χ1n) is 8.19. The molecule has 3 aromatic heterocycles. The van der Waals surface area contributed by atoms with Crippen molar-refractivity contribution >= 4 is 28.6 Å². The molecule has 130 valence electrons. The molecule has 9 heteroatoms. The van der Waals surface area contributed by atoms with Crippen molar-refractivity contribution in [3.05, 3.63) is 45.0 Å². The Bertz CT molecular complexity index is 808. The van der Waals surface area contributed by atoms with Crippen molar-refractivity contribution in [3.63, 3.8) is 0 Å². The summed E-state index contributed by atoms with van der Waals surface area (Å²) in [6, 6.07) is 6.31. The van der Waals surface area contributed by atoms with Crippen LogP contribution in [0.1, 0.15) is 33.4 Å². The van der Waals surface area contributed by atoms with Crippen LogP contribution in [0.3, 0.4) is 0 Å². The maximum absolute atomic E-state index is 12.7. The van der Waals surface area contributed by atoms with Gasteiger partial charge in [0, 0.05) is 11.4 Å². The number of nitrogens with zero attached hydrogens (tertiary/aromatic N) is 5. The Morgan fingerprint density at radius 1 is 1.24 bits per heavy atom. The van der Waals surface area contributed by atoms with Gasteiger partial charge in [-0.3, -0.25) is 9.69 Å². The summed E-state index contributed by atoms with van der Waals surface area (Å²) in [7, 11) is 0. The average molecular weight is 374 g/mol. The standard InChI is InChI=1S/C16H18N6OS2/c23-16(15-12(5-9-25-15)22-11-18-19-20-22)17-10-13(14-4-3-8-24-14)21-6-1-2-7-21/h3-5,8-9,11,13H,1-2,6-7,10H2,(H,17,23). The molecule has 1 unspecified atom stereocenters. The number of carbonyl (C=O) groups excluding carboxylic acids is 1. The van der Waals surface area contributed by atoms with E-state index in [4.69, 9.17) is 0 Å². The number of tetrazole rings is 1. The molecule has 1 N–H and O–H groups in total. The van der Waals surface area contributed by atoms with Gasteiger partial charge in [-0.05, 0) is 59.3 Å². The summed E-state index contributed by atoms with van der Waals surface area (Å²) < 4.78 is 1.52. The van der Waals surface area contributed by atoms with E-state index in [0.717, 1.165) is 13.1 Å². The summed E-state index contributed by atoms with van der Waals surface area (Å²) in [6.07, 6.45) is 3.95. The van der Waals surface area contributed by atoms with Gasteiger partial charge >= 0.3 is 0 Å². The van der Waals surface area contributed by atoms with Gasteiger partial charge in [-0.1, -0.05) is 6.07 Å². The van der Waals surface area contributed by atoms with Gasteiger partial charge in [-0.15, -0.1) is 27.8 Å². The number of aromatic nitrogens is 4. The van der Waals surface area contributed by atoms with Crippen LogP contribution in [0, 0.1) is 0 Å². The van der Waals surface area contributed by atoms with E-state index in [9.17, 15) is 4.79 Å². The first-order valence-corrected chi connectivity index (χ1v) is 9.95. The quantitative estimate of drug-likeness (QED) is 0.717. The largest absolute Gasteiger partial charge is 0.349 e.